The van der Waals surface area contributed by atoms with Crippen molar-refractivity contribution in [2.45, 2.75) is 13.0 Å². The van der Waals surface area contributed by atoms with E-state index in [0.717, 1.165) is 11.3 Å². The Morgan fingerprint density at radius 2 is 1.86 bits per heavy atom. The summed E-state index contributed by atoms with van der Waals surface area (Å²) < 4.78 is 5.12. The van der Waals surface area contributed by atoms with Crippen molar-refractivity contribution in [3.8, 4) is 5.75 Å². The minimum absolute atomic E-state index is 0.275. The standard InChI is InChI=1S/C15H21N3O3/c1-3-17-8-9-18(15(20)14(17)19)13(10-16)11-4-6-12(21-2)7-5-11/h4-7,13H,3,8-10,16H2,1-2H3. The van der Waals surface area contributed by atoms with Crippen LogP contribution in [0.25, 0.3) is 0 Å². The normalized spacial score (nSPS) is 17.1. The lowest BCUT2D eigenvalue weighted by Gasteiger charge is -2.37. The predicted molar refractivity (Wildman–Crippen MR) is 78.8 cm³/mol. The molecule has 1 aliphatic heterocycles. The average molecular weight is 291 g/mol. The van der Waals surface area contributed by atoms with Crippen molar-refractivity contribution in [1.82, 2.24) is 9.80 Å². The summed E-state index contributed by atoms with van der Waals surface area (Å²) in [5, 5.41) is 0. The molecule has 2 rings (SSSR count). The van der Waals surface area contributed by atoms with Crippen molar-refractivity contribution in [2.24, 2.45) is 5.73 Å². The molecule has 0 saturated carbocycles. The Balaban J connectivity index is 2.20. The first kappa shape index (κ1) is 15.3. The van der Waals surface area contributed by atoms with Gasteiger partial charge in [0.2, 0.25) is 0 Å². The summed E-state index contributed by atoms with van der Waals surface area (Å²) in [7, 11) is 1.60. The Labute approximate surface area is 124 Å². The summed E-state index contributed by atoms with van der Waals surface area (Å²) in [6, 6.07) is 7.12. The van der Waals surface area contributed by atoms with Gasteiger partial charge in [0, 0.05) is 26.2 Å². The van der Waals surface area contributed by atoms with E-state index in [1.54, 1.807) is 16.9 Å². The fourth-order valence-corrected chi connectivity index (χ4v) is 2.56. The van der Waals surface area contributed by atoms with Gasteiger partial charge in [-0.3, -0.25) is 9.59 Å². The molecule has 0 radical (unpaired) electrons. The molecule has 114 valence electrons. The number of carbonyl (C=O) groups excluding carboxylic acids is 2. The number of nitrogens with zero attached hydrogens (tertiary/aromatic N) is 2. The van der Waals surface area contributed by atoms with E-state index in [1.807, 2.05) is 31.2 Å². The highest BCUT2D eigenvalue weighted by molar-refractivity contribution is 6.35. The number of rotatable bonds is 5. The van der Waals surface area contributed by atoms with Crippen LogP contribution in [0.3, 0.4) is 0 Å². The Hall–Kier alpha value is -2.08. The zero-order valence-corrected chi connectivity index (χ0v) is 12.4. The molecule has 6 nitrogen and oxygen atoms in total. The number of methoxy groups -OCH3 is 1. The fourth-order valence-electron chi connectivity index (χ4n) is 2.56. The molecule has 6 heteroatoms. The van der Waals surface area contributed by atoms with E-state index in [1.165, 1.54) is 0 Å². The lowest BCUT2D eigenvalue weighted by atomic mass is 10.0. The van der Waals surface area contributed by atoms with Gasteiger partial charge in [0.1, 0.15) is 5.75 Å². The summed E-state index contributed by atoms with van der Waals surface area (Å²) in [6.07, 6.45) is 0. The van der Waals surface area contributed by atoms with Crippen LogP contribution in [0.15, 0.2) is 24.3 Å². The molecular weight excluding hydrogens is 270 g/mol. The molecule has 1 aromatic rings. The average Bonchev–Trinajstić information content (AvgIpc) is 2.53. The van der Waals surface area contributed by atoms with Crippen molar-refractivity contribution < 1.29 is 14.3 Å². The largest absolute Gasteiger partial charge is 0.497 e. The second-order valence-corrected chi connectivity index (χ2v) is 4.91. The molecule has 0 spiro atoms. The van der Waals surface area contributed by atoms with E-state index in [0.29, 0.717) is 19.6 Å². The maximum atomic E-state index is 12.2. The second-order valence-electron chi connectivity index (χ2n) is 4.91. The van der Waals surface area contributed by atoms with Crippen LogP contribution in [0.4, 0.5) is 0 Å². The number of hydrogen-bond acceptors (Lipinski definition) is 4. The molecular formula is C15H21N3O3. The Morgan fingerprint density at radius 3 is 2.38 bits per heavy atom. The molecule has 0 aliphatic carbocycles. The Kier molecular flexibility index (Phi) is 4.80. The molecule has 1 heterocycles. The molecule has 0 bridgehead atoms. The second kappa shape index (κ2) is 6.58. The zero-order valence-electron chi connectivity index (χ0n) is 12.4. The summed E-state index contributed by atoms with van der Waals surface area (Å²) in [5.74, 6) is -0.183. The molecule has 21 heavy (non-hydrogen) atoms. The maximum Gasteiger partial charge on any atom is 0.312 e. The van der Waals surface area contributed by atoms with Gasteiger partial charge in [0.15, 0.2) is 0 Å². The minimum atomic E-state index is -0.477. The van der Waals surface area contributed by atoms with Gasteiger partial charge in [-0.25, -0.2) is 0 Å². The number of benzene rings is 1. The lowest BCUT2D eigenvalue weighted by molar-refractivity contribution is -0.157. The lowest BCUT2D eigenvalue weighted by Crippen LogP contribution is -2.55. The van der Waals surface area contributed by atoms with Crippen molar-refractivity contribution in [3.05, 3.63) is 29.8 Å². The van der Waals surface area contributed by atoms with Crippen LogP contribution in [0.2, 0.25) is 0 Å². The van der Waals surface area contributed by atoms with Crippen LogP contribution >= 0.6 is 0 Å². The van der Waals surface area contributed by atoms with Gasteiger partial charge in [0.05, 0.1) is 13.2 Å². The number of nitrogens with two attached hydrogens (primary N) is 1. The van der Waals surface area contributed by atoms with E-state index in [2.05, 4.69) is 0 Å². The number of carbonyl (C=O) groups is 2. The SMILES string of the molecule is CCN1CCN(C(CN)c2ccc(OC)cc2)C(=O)C1=O. The molecule has 0 aromatic heterocycles. The Morgan fingerprint density at radius 1 is 1.19 bits per heavy atom. The first-order valence-corrected chi connectivity index (χ1v) is 7.06. The van der Waals surface area contributed by atoms with Crippen LogP contribution in [0.1, 0.15) is 18.5 Å². The number of ether oxygens (including phenoxy) is 1. The number of amides is 2. The molecule has 1 aliphatic rings. The molecule has 2 amide bonds. The maximum absolute atomic E-state index is 12.2. The number of piperazine rings is 1. The van der Waals surface area contributed by atoms with Gasteiger partial charge in [-0.2, -0.15) is 0 Å². The summed E-state index contributed by atoms with van der Waals surface area (Å²) in [5.41, 5.74) is 6.74. The third kappa shape index (κ3) is 3.00. The highest BCUT2D eigenvalue weighted by Crippen LogP contribution is 2.24. The van der Waals surface area contributed by atoms with E-state index in [9.17, 15) is 9.59 Å². The van der Waals surface area contributed by atoms with Gasteiger partial charge in [-0.1, -0.05) is 12.1 Å². The minimum Gasteiger partial charge on any atom is -0.497 e. The summed E-state index contributed by atoms with van der Waals surface area (Å²) >= 11 is 0. The smallest absolute Gasteiger partial charge is 0.312 e. The van der Waals surface area contributed by atoms with Crippen LogP contribution in [0, 0.1) is 0 Å². The molecule has 1 fully saturated rings. The van der Waals surface area contributed by atoms with Crippen molar-refractivity contribution in [1.29, 1.82) is 0 Å². The number of hydrogen-bond donors (Lipinski definition) is 1. The topological polar surface area (TPSA) is 75.9 Å². The molecule has 1 atom stereocenters. The molecule has 1 saturated heterocycles. The third-order valence-corrected chi connectivity index (χ3v) is 3.82. The van der Waals surface area contributed by atoms with Gasteiger partial charge in [-0.15, -0.1) is 0 Å². The van der Waals surface area contributed by atoms with Crippen LogP contribution in [-0.4, -0.2) is 54.9 Å². The molecule has 2 N–H and O–H groups in total. The van der Waals surface area contributed by atoms with E-state index in [4.69, 9.17) is 10.5 Å². The Bertz CT molecular complexity index is 515. The van der Waals surface area contributed by atoms with E-state index in [-0.39, 0.29) is 12.6 Å². The quantitative estimate of drug-likeness (QED) is 0.796. The highest BCUT2D eigenvalue weighted by Gasteiger charge is 2.35. The van der Waals surface area contributed by atoms with Crippen LogP contribution < -0.4 is 10.5 Å². The molecule has 1 aromatic carbocycles. The molecule has 1 unspecified atom stereocenters. The van der Waals surface area contributed by atoms with Crippen molar-refractivity contribution in [2.75, 3.05) is 33.3 Å². The number of likely N-dealkylation sites (N-methyl/N-ethyl adjacent to an activating group) is 1. The van der Waals surface area contributed by atoms with E-state index < -0.39 is 11.8 Å². The van der Waals surface area contributed by atoms with Gasteiger partial charge in [-0.05, 0) is 24.6 Å². The van der Waals surface area contributed by atoms with Crippen LogP contribution in [-0.2, 0) is 9.59 Å². The monoisotopic (exact) mass is 291 g/mol. The van der Waals surface area contributed by atoms with Gasteiger partial charge in [0.25, 0.3) is 0 Å². The van der Waals surface area contributed by atoms with Crippen molar-refractivity contribution in [3.63, 3.8) is 0 Å². The summed E-state index contributed by atoms with van der Waals surface area (Å²) in [4.78, 5) is 27.4. The zero-order chi connectivity index (χ0) is 15.4. The highest BCUT2D eigenvalue weighted by atomic mass is 16.5. The first-order chi connectivity index (χ1) is 10.1. The van der Waals surface area contributed by atoms with Gasteiger partial charge >= 0.3 is 11.8 Å². The van der Waals surface area contributed by atoms with Gasteiger partial charge < -0.3 is 20.3 Å². The summed E-state index contributed by atoms with van der Waals surface area (Å²) in [6.45, 7) is 3.75. The predicted octanol–water partition coefficient (Wildman–Crippen LogP) is 0.386. The van der Waals surface area contributed by atoms with E-state index >= 15 is 0 Å². The third-order valence-electron chi connectivity index (χ3n) is 3.82. The fraction of sp³-hybridized carbons (Fsp3) is 0.467. The first-order valence-electron chi connectivity index (χ1n) is 7.06. The van der Waals surface area contributed by atoms with Crippen molar-refractivity contribution >= 4 is 11.8 Å². The van der Waals surface area contributed by atoms with Crippen LogP contribution in [0.5, 0.6) is 5.75 Å².